The van der Waals surface area contributed by atoms with Crippen molar-refractivity contribution in [3.8, 4) is 11.1 Å². The average molecular weight is 376 g/mol. The summed E-state index contributed by atoms with van der Waals surface area (Å²) >= 11 is 0. The summed E-state index contributed by atoms with van der Waals surface area (Å²) < 4.78 is 0. The maximum Gasteiger partial charge on any atom is 0.238 e. The van der Waals surface area contributed by atoms with E-state index in [1.165, 1.54) is 16.7 Å². The zero-order valence-electron chi connectivity index (χ0n) is 17.0. The lowest BCUT2D eigenvalue weighted by Gasteiger charge is -2.32. The molecule has 0 amide bonds. The molecule has 2 aromatic carbocycles. The van der Waals surface area contributed by atoms with Gasteiger partial charge in [0.1, 0.15) is 0 Å². The minimum absolute atomic E-state index is 0.669. The van der Waals surface area contributed by atoms with Gasteiger partial charge < -0.3 is 4.90 Å². The molecular formula is C23H29N5. The third-order valence-electron chi connectivity index (χ3n) is 5.27. The predicted molar refractivity (Wildman–Crippen MR) is 116 cm³/mol. The second-order valence-electron chi connectivity index (χ2n) is 8.16. The largest absolute Gasteiger partial charge is 0.304 e. The van der Waals surface area contributed by atoms with Crippen molar-refractivity contribution in [1.29, 1.82) is 0 Å². The van der Waals surface area contributed by atoms with Gasteiger partial charge in [-0.15, -0.1) is 0 Å². The maximum atomic E-state index is 4.69. The molecule has 1 aromatic heterocycles. The molecule has 0 atom stereocenters. The van der Waals surface area contributed by atoms with Gasteiger partial charge in [-0.25, -0.2) is 15.0 Å². The van der Waals surface area contributed by atoms with Gasteiger partial charge in [0.05, 0.1) is 5.52 Å². The van der Waals surface area contributed by atoms with Crippen LogP contribution in [0.2, 0.25) is 0 Å². The fourth-order valence-electron chi connectivity index (χ4n) is 3.63. The number of hydrogen-bond donors (Lipinski definition) is 1. The first kappa shape index (κ1) is 18.8. The van der Waals surface area contributed by atoms with Crippen LogP contribution in [0.25, 0.3) is 22.0 Å². The van der Waals surface area contributed by atoms with E-state index >= 15 is 0 Å². The van der Waals surface area contributed by atoms with Crippen LogP contribution in [-0.4, -0.2) is 53.1 Å². The topological polar surface area (TPSA) is 44.3 Å². The second-order valence-corrected chi connectivity index (χ2v) is 8.16. The molecule has 5 nitrogen and oxygen atoms in total. The fourth-order valence-corrected chi connectivity index (χ4v) is 3.63. The van der Waals surface area contributed by atoms with Crippen molar-refractivity contribution in [2.24, 2.45) is 5.92 Å². The first-order chi connectivity index (χ1) is 13.6. The van der Waals surface area contributed by atoms with Crippen LogP contribution in [0, 0.1) is 5.92 Å². The van der Waals surface area contributed by atoms with E-state index in [1.54, 1.807) is 0 Å². The molecule has 0 spiro atoms. The Morgan fingerprint density at radius 2 is 1.68 bits per heavy atom. The summed E-state index contributed by atoms with van der Waals surface area (Å²) in [7, 11) is 2.15. The highest BCUT2D eigenvalue weighted by molar-refractivity contribution is 5.84. The Hall–Kier alpha value is -2.50. The molecule has 1 fully saturated rings. The molecular weight excluding hydrogens is 346 g/mol. The Kier molecular flexibility index (Phi) is 5.55. The van der Waals surface area contributed by atoms with E-state index < -0.39 is 0 Å². The van der Waals surface area contributed by atoms with Gasteiger partial charge in [-0.1, -0.05) is 44.2 Å². The molecule has 0 saturated carbocycles. The van der Waals surface area contributed by atoms with Crippen molar-refractivity contribution in [3.63, 3.8) is 0 Å². The summed E-state index contributed by atoms with van der Waals surface area (Å²) in [6.45, 7) is 8.57. The standard InChI is InChI=1S/C23H29N5/c1-17(2)14-18-4-6-19(7-5-18)20-8-9-22-21(15-20)16-24-23(25-22)26-28-12-10-27(3)11-13-28/h4-9,15-17H,10-14H2,1-3H3,(H,24,25,26). The number of nitrogens with one attached hydrogen (secondary N) is 1. The normalized spacial score (nSPS) is 16.0. The molecule has 2 heterocycles. The zero-order valence-corrected chi connectivity index (χ0v) is 17.0. The van der Waals surface area contributed by atoms with Crippen molar-refractivity contribution in [3.05, 3.63) is 54.2 Å². The van der Waals surface area contributed by atoms with E-state index in [9.17, 15) is 0 Å². The lowest BCUT2D eigenvalue weighted by Crippen LogP contribution is -2.47. The Morgan fingerprint density at radius 1 is 0.964 bits per heavy atom. The van der Waals surface area contributed by atoms with Crippen LogP contribution in [0.1, 0.15) is 19.4 Å². The van der Waals surface area contributed by atoms with Crippen molar-refractivity contribution >= 4 is 16.9 Å². The Morgan fingerprint density at radius 3 is 2.39 bits per heavy atom. The van der Waals surface area contributed by atoms with Crippen molar-refractivity contribution in [2.75, 3.05) is 38.7 Å². The van der Waals surface area contributed by atoms with Crippen molar-refractivity contribution < 1.29 is 0 Å². The summed E-state index contributed by atoms with van der Waals surface area (Å²) in [5, 5.41) is 3.25. The van der Waals surface area contributed by atoms with Gasteiger partial charge in [-0.3, -0.25) is 5.43 Å². The molecule has 1 aliphatic rings. The number of hydrazine groups is 1. The molecule has 4 rings (SSSR count). The maximum absolute atomic E-state index is 4.69. The van der Waals surface area contributed by atoms with Gasteiger partial charge >= 0.3 is 0 Å². The lowest BCUT2D eigenvalue weighted by atomic mass is 9.98. The molecule has 28 heavy (non-hydrogen) atoms. The molecule has 1 saturated heterocycles. The molecule has 3 aromatic rings. The molecule has 0 bridgehead atoms. The van der Waals surface area contributed by atoms with E-state index in [1.807, 2.05) is 6.20 Å². The van der Waals surface area contributed by atoms with E-state index in [0.29, 0.717) is 11.9 Å². The number of rotatable bonds is 5. The number of piperazine rings is 1. The summed E-state index contributed by atoms with van der Waals surface area (Å²) in [4.78, 5) is 11.5. The highest BCUT2D eigenvalue weighted by Crippen LogP contribution is 2.25. The number of hydrogen-bond acceptors (Lipinski definition) is 5. The van der Waals surface area contributed by atoms with Gasteiger partial charge in [0, 0.05) is 37.8 Å². The number of aromatic nitrogens is 2. The minimum atomic E-state index is 0.669. The smallest absolute Gasteiger partial charge is 0.238 e. The molecule has 5 heteroatoms. The Bertz CT molecular complexity index is 927. The van der Waals surface area contributed by atoms with E-state index in [4.69, 9.17) is 4.98 Å². The summed E-state index contributed by atoms with van der Waals surface area (Å²) in [5.41, 5.74) is 8.13. The summed E-state index contributed by atoms with van der Waals surface area (Å²) in [6.07, 6.45) is 3.03. The molecule has 1 aliphatic heterocycles. The quantitative estimate of drug-likeness (QED) is 0.728. The van der Waals surface area contributed by atoms with Crippen molar-refractivity contribution in [1.82, 2.24) is 19.9 Å². The predicted octanol–water partition coefficient (Wildman–Crippen LogP) is 4.07. The van der Waals surface area contributed by atoms with E-state index in [-0.39, 0.29) is 0 Å². The lowest BCUT2D eigenvalue weighted by molar-refractivity contribution is 0.178. The van der Waals surface area contributed by atoms with Crippen LogP contribution in [0.15, 0.2) is 48.7 Å². The number of likely N-dealkylation sites (N-methyl/N-ethyl adjacent to an activating group) is 1. The Labute approximate surface area is 167 Å². The zero-order chi connectivity index (χ0) is 19.5. The van der Waals surface area contributed by atoms with Crippen LogP contribution in [0.3, 0.4) is 0 Å². The second kappa shape index (κ2) is 8.25. The molecule has 0 unspecified atom stereocenters. The summed E-state index contributed by atoms with van der Waals surface area (Å²) in [6, 6.07) is 15.3. The van der Waals surface area contributed by atoms with Gasteiger partial charge in [-0.05, 0) is 48.2 Å². The number of anilines is 1. The third kappa shape index (κ3) is 4.49. The van der Waals surface area contributed by atoms with Gasteiger partial charge in [0.25, 0.3) is 0 Å². The molecule has 0 radical (unpaired) electrons. The van der Waals surface area contributed by atoms with E-state index in [0.717, 1.165) is 43.5 Å². The van der Waals surface area contributed by atoms with Gasteiger partial charge in [0.15, 0.2) is 0 Å². The van der Waals surface area contributed by atoms with Crippen LogP contribution in [-0.2, 0) is 6.42 Å². The average Bonchev–Trinajstić information content (AvgIpc) is 2.69. The number of fused-ring (bicyclic) bond motifs is 1. The SMILES string of the molecule is CC(C)Cc1ccc(-c2ccc3nc(NN4CCN(C)CC4)ncc3c2)cc1. The van der Waals surface area contributed by atoms with Crippen molar-refractivity contribution in [2.45, 2.75) is 20.3 Å². The monoisotopic (exact) mass is 375 g/mol. The molecule has 0 aliphatic carbocycles. The molecule has 146 valence electrons. The van der Waals surface area contributed by atoms with Gasteiger partial charge in [-0.2, -0.15) is 0 Å². The minimum Gasteiger partial charge on any atom is -0.304 e. The van der Waals surface area contributed by atoms with E-state index in [2.05, 4.69) is 83.7 Å². The number of nitrogens with zero attached hydrogens (tertiary/aromatic N) is 4. The van der Waals surface area contributed by atoms with Crippen LogP contribution < -0.4 is 5.43 Å². The third-order valence-corrected chi connectivity index (χ3v) is 5.27. The number of benzene rings is 2. The van der Waals surface area contributed by atoms with Crippen LogP contribution in [0.4, 0.5) is 5.95 Å². The van der Waals surface area contributed by atoms with Crippen LogP contribution >= 0.6 is 0 Å². The highest BCUT2D eigenvalue weighted by Gasteiger charge is 2.14. The highest BCUT2D eigenvalue weighted by atomic mass is 15.5. The first-order valence-corrected chi connectivity index (χ1v) is 10.1. The molecule has 1 N–H and O–H groups in total. The van der Waals surface area contributed by atoms with Gasteiger partial charge in [0.2, 0.25) is 5.95 Å². The fraction of sp³-hybridized carbons (Fsp3) is 0.391. The van der Waals surface area contributed by atoms with Crippen LogP contribution in [0.5, 0.6) is 0 Å². The first-order valence-electron chi connectivity index (χ1n) is 10.1. The summed E-state index contributed by atoms with van der Waals surface area (Å²) in [5.74, 6) is 1.35. The Balaban J connectivity index is 1.50.